The minimum atomic E-state index is -1.04. The number of ether oxygens (including phenoxy) is 2. The van der Waals surface area contributed by atoms with E-state index in [0.29, 0.717) is 36.1 Å². The average Bonchev–Trinajstić information content (AvgIpc) is 3.77. The molecule has 0 saturated heterocycles. The first-order valence-electron chi connectivity index (χ1n) is 22.0. The molecule has 0 saturated carbocycles. The number of thiazole rings is 1. The second kappa shape index (κ2) is 27.7. The number of hydrogen-bond acceptors (Lipinski definition) is 20. The van der Waals surface area contributed by atoms with Crippen molar-refractivity contribution in [2.24, 2.45) is 20.5 Å². The van der Waals surface area contributed by atoms with Crippen LogP contribution in [0.2, 0.25) is 0 Å². The van der Waals surface area contributed by atoms with E-state index in [0.717, 1.165) is 52.3 Å². The number of nitrogens with one attached hydrogen (secondary N) is 1. The minimum absolute atomic E-state index is 0.0436. The second-order valence-electron chi connectivity index (χ2n) is 15.4. The monoisotopic (exact) mass is 1010 g/mol. The van der Waals surface area contributed by atoms with E-state index in [-0.39, 0.29) is 71.7 Å². The molecule has 0 fully saturated rings. The number of nitro benzene ring substituents is 1. The van der Waals surface area contributed by atoms with Crippen molar-refractivity contribution in [1.29, 1.82) is 10.5 Å². The predicted molar refractivity (Wildman–Crippen MR) is 268 cm³/mol. The van der Waals surface area contributed by atoms with Crippen LogP contribution in [-0.4, -0.2) is 89.2 Å². The number of benzene rings is 4. The van der Waals surface area contributed by atoms with Gasteiger partial charge < -0.3 is 24.6 Å². The Bertz CT molecular complexity index is 2890. The van der Waals surface area contributed by atoms with E-state index in [1.807, 2.05) is 60.0 Å². The summed E-state index contributed by atoms with van der Waals surface area (Å²) in [6.45, 7) is 9.70. The zero-order chi connectivity index (χ0) is 52.0. The molecule has 23 heteroatoms. The molecule has 1 atom stereocenters. The van der Waals surface area contributed by atoms with Gasteiger partial charge in [-0.05, 0) is 87.9 Å². The molecule has 0 aliphatic carbocycles. The molecule has 1 unspecified atom stereocenters. The van der Waals surface area contributed by atoms with Crippen LogP contribution in [0.3, 0.4) is 0 Å². The fourth-order valence-electron chi connectivity index (χ4n) is 6.30. The van der Waals surface area contributed by atoms with Gasteiger partial charge in [0.1, 0.15) is 36.7 Å². The number of amides is 1. The standard InChI is InChI=1S/C26H27N7O6.C22H24N4O4S2/c1-4-5-9-32(10-8-25(36)39-16-17(2)34)21-6-7-23(24(13-21)29-18(3)35)30-31-26-19(14-27)11-22(33(37)38)12-20(26)15-28;1-4-26(12-11-21(28)30-14-15(2)27)17-7-5-16(6-8-17)24-25-22-23-19-10-9-18(32(3)29)13-20(19)31-22/h6-7,11-13H,4-5,8-10,16H2,1-3H3,(H,29,35);5-10,13H,4,11-12,14H2,1-3H3. The first-order chi connectivity index (χ1) is 33.9. The highest BCUT2D eigenvalue weighted by molar-refractivity contribution is 7.84. The molecule has 1 amide bonds. The zero-order valence-electron chi connectivity index (χ0n) is 39.9. The third kappa shape index (κ3) is 17.7. The number of unbranched alkanes of at least 4 members (excludes halogenated alkanes) is 1. The van der Waals surface area contributed by atoms with Crippen molar-refractivity contribution in [3.05, 3.63) is 94.0 Å². The first kappa shape index (κ1) is 55.4. The van der Waals surface area contributed by atoms with Crippen molar-refractivity contribution in [3.8, 4) is 12.1 Å². The number of azo groups is 2. The van der Waals surface area contributed by atoms with Gasteiger partial charge in [0.25, 0.3) is 5.69 Å². The van der Waals surface area contributed by atoms with Gasteiger partial charge in [0.2, 0.25) is 11.0 Å². The molecule has 0 radical (unpaired) electrons. The smallest absolute Gasteiger partial charge is 0.308 e. The highest BCUT2D eigenvalue weighted by atomic mass is 32.2. The number of fused-ring (bicyclic) bond motifs is 1. The van der Waals surface area contributed by atoms with Crippen LogP contribution in [0.1, 0.15) is 71.4 Å². The predicted octanol–water partition coefficient (Wildman–Crippen LogP) is 9.64. The van der Waals surface area contributed by atoms with E-state index in [4.69, 9.17) is 9.47 Å². The number of aromatic nitrogens is 1. The topological polar surface area (TPSA) is 292 Å². The van der Waals surface area contributed by atoms with E-state index < -0.39 is 33.3 Å². The molecule has 1 N–H and O–H groups in total. The maximum Gasteiger partial charge on any atom is 0.308 e. The molecule has 5 rings (SSSR count). The first-order valence-corrected chi connectivity index (χ1v) is 24.3. The van der Waals surface area contributed by atoms with Crippen LogP contribution in [0.15, 0.2) is 98.1 Å². The van der Waals surface area contributed by atoms with Gasteiger partial charge in [0.15, 0.2) is 11.6 Å². The molecule has 71 heavy (non-hydrogen) atoms. The lowest BCUT2D eigenvalue weighted by atomic mass is 10.1. The summed E-state index contributed by atoms with van der Waals surface area (Å²) >= 11 is 1.40. The van der Waals surface area contributed by atoms with E-state index in [2.05, 4.69) is 30.8 Å². The lowest BCUT2D eigenvalue weighted by Gasteiger charge is -2.25. The van der Waals surface area contributed by atoms with Gasteiger partial charge >= 0.3 is 11.9 Å². The van der Waals surface area contributed by atoms with Crippen LogP contribution in [0, 0.1) is 32.8 Å². The van der Waals surface area contributed by atoms with Gasteiger partial charge in [-0.25, -0.2) is 4.98 Å². The highest BCUT2D eigenvalue weighted by Gasteiger charge is 2.19. The summed E-state index contributed by atoms with van der Waals surface area (Å²) in [6.07, 6.45) is 3.61. The normalized spacial score (nSPS) is 11.2. The molecule has 21 nitrogen and oxygen atoms in total. The summed E-state index contributed by atoms with van der Waals surface area (Å²) in [6, 6.07) is 23.6. The largest absolute Gasteiger partial charge is 0.458 e. The number of carbonyl (C=O) groups is 5. The number of carbonyl (C=O) groups excluding carboxylic acids is 5. The number of nitro groups is 1. The highest BCUT2D eigenvalue weighted by Crippen LogP contribution is 2.35. The van der Waals surface area contributed by atoms with Crippen molar-refractivity contribution in [3.63, 3.8) is 0 Å². The summed E-state index contributed by atoms with van der Waals surface area (Å²) in [5.41, 5.74) is 2.62. The van der Waals surface area contributed by atoms with Crippen LogP contribution >= 0.6 is 11.3 Å². The second-order valence-corrected chi connectivity index (χ2v) is 17.8. The molecule has 0 spiro atoms. The number of nitriles is 2. The fraction of sp³-hybridized carbons (Fsp3) is 0.333. The summed E-state index contributed by atoms with van der Waals surface area (Å²) in [4.78, 5) is 77.2. The Kier molecular flexibility index (Phi) is 21.7. The van der Waals surface area contributed by atoms with E-state index in [9.17, 15) is 48.8 Å². The Morgan fingerprint density at radius 3 is 1.93 bits per heavy atom. The van der Waals surface area contributed by atoms with Crippen LogP contribution in [0.25, 0.3) is 10.2 Å². The number of esters is 2. The number of ketones is 2. The van der Waals surface area contributed by atoms with Gasteiger partial charge in [0.05, 0.1) is 50.5 Å². The third-order valence-corrected chi connectivity index (χ3v) is 11.6. The summed E-state index contributed by atoms with van der Waals surface area (Å²) in [7, 11) is -1.04. The maximum absolute atomic E-state index is 12.0. The van der Waals surface area contributed by atoms with Gasteiger partial charge in [-0.2, -0.15) is 10.5 Å². The van der Waals surface area contributed by atoms with Crippen LogP contribution < -0.4 is 15.1 Å². The summed E-state index contributed by atoms with van der Waals surface area (Å²) < 4.78 is 22.4. The van der Waals surface area contributed by atoms with Gasteiger partial charge in [0, 0.05) is 78.6 Å². The minimum Gasteiger partial charge on any atom is -0.458 e. The SMILES string of the molecule is CCCCN(CCC(=O)OCC(C)=O)c1ccc(N=Nc2c(C#N)cc([N+](=O)[O-])cc2C#N)c(NC(C)=O)c1.CCN(CCC(=O)OCC(C)=O)c1ccc(N=Nc2nc3ccc(S(C)=O)cc3s2)cc1. The average molecular weight is 1010 g/mol. The summed E-state index contributed by atoms with van der Waals surface area (Å²) in [5, 5.41) is 49.8. The molecule has 1 heterocycles. The number of anilines is 3. The van der Waals surface area contributed by atoms with E-state index in [1.165, 1.54) is 32.1 Å². The molecule has 0 bridgehead atoms. The van der Waals surface area contributed by atoms with E-state index in [1.54, 1.807) is 42.7 Å². The van der Waals surface area contributed by atoms with Crippen molar-refractivity contribution in [2.45, 2.75) is 65.2 Å². The number of nitrogens with zero attached hydrogens (tertiary/aromatic N) is 10. The van der Waals surface area contributed by atoms with E-state index >= 15 is 0 Å². The molecule has 4 aromatic carbocycles. The van der Waals surface area contributed by atoms with Gasteiger partial charge in [-0.3, -0.25) is 38.3 Å². The molecule has 0 aliphatic rings. The molecule has 370 valence electrons. The Morgan fingerprint density at radius 2 is 1.39 bits per heavy atom. The third-order valence-electron chi connectivity index (χ3n) is 9.81. The fourth-order valence-corrected chi connectivity index (χ4v) is 7.74. The molecule has 1 aromatic heterocycles. The van der Waals surface area contributed by atoms with Crippen molar-refractivity contribution in [1.82, 2.24) is 4.98 Å². The van der Waals surface area contributed by atoms with Crippen LogP contribution in [0.5, 0.6) is 0 Å². The number of hydrogen-bond donors (Lipinski definition) is 1. The number of Topliss-reactive ketones (excluding diaryl/α,β-unsaturated/α-hetero) is 2. The van der Waals surface area contributed by atoms with Crippen molar-refractivity contribution < 1.29 is 42.6 Å². The van der Waals surface area contributed by atoms with Gasteiger partial charge in [-0.1, -0.05) is 24.7 Å². The number of non-ortho nitro benzene ring substituents is 1. The van der Waals surface area contributed by atoms with Crippen molar-refractivity contribution in [2.75, 3.05) is 60.8 Å². The van der Waals surface area contributed by atoms with Gasteiger partial charge in [-0.15, -0.1) is 20.5 Å². The zero-order valence-corrected chi connectivity index (χ0v) is 41.5. The quantitative estimate of drug-likeness (QED) is 0.0276. The van der Waals surface area contributed by atoms with Crippen LogP contribution in [-0.2, 0) is 44.2 Å². The molecule has 0 aliphatic heterocycles. The molecular weight excluding hydrogens is 955 g/mol. The maximum atomic E-state index is 12.0. The Hall–Kier alpha value is -8.15. The Labute approximate surface area is 415 Å². The van der Waals surface area contributed by atoms with Crippen molar-refractivity contribution >= 4 is 107 Å². The van der Waals surface area contributed by atoms with Crippen LogP contribution in [0.4, 0.5) is 44.9 Å². The lowest BCUT2D eigenvalue weighted by Crippen LogP contribution is -2.28. The Morgan fingerprint density at radius 1 is 0.789 bits per heavy atom. The molecular formula is C48H51N11O10S2. The molecule has 5 aromatic rings. The Balaban J connectivity index is 0.000000314. The summed E-state index contributed by atoms with van der Waals surface area (Å²) in [5.74, 6) is -1.72. The lowest BCUT2D eigenvalue weighted by molar-refractivity contribution is -0.384. The number of rotatable bonds is 23.